The van der Waals surface area contributed by atoms with Crippen molar-refractivity contribution in [2.24, 2.45) is 0 Å². The summed E-state index contributed by atoms with van der Waals surface area (Å²) in [6.45, 7) is 0.831. The molecule has 4 heteroatoms. The van der Waals surface area contributed by atoms with Crippen molar-refractivity contribution in [1.82, 2.24) is 4.90 Å². The SMILES string of the molecule is CSc1cccc(NCCCC(=O)N(C)C)c1. The van der Waals surface area contributed by atoms with Crippen LogP contribution in [-0.4, -0.2) is 37.7 Å². The second-order valence-corrected chi connectivity index (χ2v) is 4.93. The van der Waals surface area contributed by atoms with Gasteiger partial charge in [0.05, 0.1) is 0 Å². The van der Waals surface area contributed by atoms with Gasteiger partial charge in [-0.05, 0) is 30.9 Å². The Bertz CT molecular complexity index is 366. The molecule has 1 aromatic carbocycles. The number of nitrogens with one attached hydrogen (secondary N) is 1. The number of anilines is 1. The summed E-state index contributed by atoms with van der Waals surface area (Å²) in [5.41, 5.74) is 1.12. The fourth-order valence-corrected chi connectivity index (χ4v) is 1.89. The van der Waals surface area contributed by atoms with Gasteiger partial charge in [-0.15, -0.1) is 11.8 Å². The maximum absolute atomic E-state index is 11.3. The molecule has 0 unspecified atom stereocenters. The van der Waals surface area contributed by atoms with Crippen molar-refractivity contribution < 1.29 is 4.79 Å². The first kappa shape index (κ1) is 13.9. The number of carbonyl (C=O) groups excluding carboxylic acids is 1. The predicted molar refractivity (Wildman–Crippen MR) is 74.6 cm³/mol. The zero-order chi connectivity index (χ0) is 12.7. The summed E-state index contributed by atoms with van der Waals surface area (Å²) in [6.07, 6.45) is 3.53. The van der Waals surface area contributed by atoms with Crippen LogP contribution in [0.15, 0.2) is 29.2 Å². The molecule has 1 aromatic rings. The lowest BCUT2D eigenvalue weighted by Crippen LogP contribution is -2.22. The number of amides is 1. The molecule has 3 nitrogen and oxygen atoms in total. The fourth-order valence-electron chi connectivity index (χ4n) is 1.43. The molecule has 0 saturated carbocycles. The van der Waals surface area contributed by atoms with Gasteiger partial charge in [0.2, 0.25) is 5.91 Å². The molecule has 0 saturated heterocycles. The van der Waals surface area contributed by atoms with E-state index in [-0.39, 0.29) is 5.91 Å². The molecule has 1 N–H and O–H groups in total. The Morgan fingerprint density at radius 3 is 2.82 bits per heavy atom. The summed E-state index contributed by atoms with van der Waals surface area (Å²) in [6, 6.07) is 8.30. The van der Waals surface area contributed by atoms with Gasteiger partial charge in [0.1, 0.15) is 0 Å². The summed E-state index contributed by atoms with van der Waals surface area (Å²) in [7, 11) is 3.58. The molecule has 0 radical (unpaired) electrons. The highest BCUT2D eigenvalue weighted by Gasteiger charge is 2.02. The van der Waals surface area contributed by atoms with Crippen LogP contribution in [0.3, 0.4) is 0 Å². The highest BCUT2D eigenvalue weighted by Crippen LogP contribution is 2.18. The van der Waals surface area contributed by atoms with Gasteiger partial charge in [0.15, 0.2) is 0 Å². The molecule has 0 heterocycles. The molecule has 0 spiro atoms. The average Bonchev–Trinajstić information content (AvgIpc) is 2.34. The number of hydrogen-bond donors (Lipinski definition) is 1. The monoisotopic (exact) mass is 252 g/mol. The van der Waals surface area contributed by atoms with Gasteiger partial charge >= 0.3 is 0 Å². The van der Waals surface area contributed by atoms with Gasteiger partial charge in [-0.2, -0.15) is 0 Å². The Morgan fingerprint density at radius 2 is 2.18 bits per heavy atom. The molecule has 0 fully saturated rings. The number of carbonyl (C=O) groups is 1. The van der Waals surface area contributed by atoms with Crippen LogP contribution in [0.5, 0.6) is 0 Å². The third kappa shape index (κ3) is 5.13. The van der Waals surface area contributed by atoms with Crippen LogP contribution < -0.4 is 5.32 Å². The average molecular weight is 252 g/mol. The molecule has 1 rings (SSSR count). The van der Waals surface area contributed by atoms with E-state index >= 15 is 0 Å². The Morgan fingerprint density at radius 1 is 1.41 bits per heavy atom. The van der Waals surface area contributed by atoms with Gasteiger partial charge in [0.25, 0.3) is 0 Å². The quantitative estimate of drug-likeness (QED) is 0.624. The Balaban J connectivity index is 2.28. The Labute approximate surface area is 108 Å². The van der Waals surface area contributed by atoms with Gasteiger partial charge in [0, 0.05) is 37.6 Å². The minimum atomic E-state index is 0.185. The maximum atomic E-state index is 11.3. The molecule has 94 valence electrons. The van der Waals surface area contributed by atoms with Gasteiger partial charge < -0.3 is 10.2 Å². The van der Waals surface area contributed by atoms with E-state index in [4.69, 9.17) is 0 Å². The van der Waals surface area contributed by atoms with Crippen LogP contribution in [0.25, 0.3) is 0 Å². The smallest absolute Gasteiger partial charge is 0.222 e. The molecule has 0 aliphatic heterocycles. The standard InChI is InChI=1S/C13H20N2OS/c1-15(2)13(16)8-5-9-14-11-6-4-7-12(10-11)17-3/h4,6-7,10,14H,5,8-9H2,1-3H3. The first-order valence-corrected chi connectivity index (χ1v) is 6.94. The van der Waals surface area contributed by atoms with Crippen molar-refractivity contribution >= 4 is 23.4 Å². The fraction of sp³-hybridized carbons (Fsp3) is 0.462. The second-order valence-electron chi connectivity index (χ2n) is 4.05. The number of rotatable bonds is 6. The van der Waals surface area contributed by atoms with E-state index in [1.807, 2.05) is 12.1 Å². The van der Waals surface area contributed by atoms with Crippen molar-refractivity contribution in [3.63, 3.8) is 0 Å². The van der Waals surface area contributed by atoms with E-state index in [1.54, 1.807) is 30.8 Å². The molecule has 0 aliphatic rings. The topological polar surface area (TPSA) is 32.3 Å². The van der Waals surface area contributed by atoms with Crippen LogP contribution in [0.2, 0.25) is 0 Å². The number of thioether (sulfide) groups is 1. The van der Waals surface area contributed by atoms with E-state index in [2.05, 4.69) is 23.7 Å². The molecular formula is C13H20N2OS. The van der Waals surface area contributed by atoms with Gasteiger partial charge in [-0.1, -0.05) is 6.07 Å². The van der Waals surface area contributed by atoms with Crippen LogP contribution in [0, 0.1) is 0 Å². The molecule has 0 bridgehead atoms. The van der Waals surface area contributed by atoms with Crippen molar-refractivity contribution in [1.29, 1.82) is 0 Å². The van der Waals surface area contributed by atoms with E-state index in [0.717, 1.165) is 18.7 Å². The summed E-state index contributed by atoms with van der Waals surface area (Å²) in [5, 5.41) is 3.33. The van der Waals surface area contributed by atoms with Gasteiger partial charge in [-0.25, -0.2) is 0 Å². The Hall–Kier alpha value is -1.16. The predicted octanol–water partition coefficient (Wildman–Crippen LogP) is 2.69. The highest BCUT2D eigenvalue weighted by molar-refractivity contribution is 7.98. The molecule has 0 atom stereocenters. The van der Waals surface area contributed by atoms with Crippen molar-refractivity contribution in [2.45, 2.75) is 17.7 Å². The van der Waals surface area contributed by atoms with Crippen molar-refractivity contribution in [3.05, 3.63) is 24.3 Å². The van der Waals surface area contributed by atoms with E-state index < -0.39 is 0 Å². The molecule has 17 heavy (non-hydrogen) atoms. The first-order chi connectivity index (χ1) is 8.13. The van der Waals surface area contributed by atoms with Crippen LogP contribution in [0.1, 0.15) is 12.8 Å². The molecule has 0 aromatic heterocycles. The summed E-state index contributed by atoms with van der Waals surface area (Å²) in [4.78, 5) is 14.2. The minimum absolute atomic E-state index is 0.185. The lowest BCUT2D eigenvalue weighted by molar-refractivity contribution is -0.128. The van der Waals surface area contributed by atoms with Crippen molar-refractivity contribution in [3.8, 4) is 0 Å². The van der Waals surface area contributed by atoms with E-state index in [9.17, 15) is 4.79 Å². The van der Waals surface area contributed by atoms with E-state index in [0.29, 0.717) is 6.42 Å². The number of nitrogens with zero attached hydrogens (tertiary/aromatic N) is 1. The first-order valence-electron chi connectivity index (χ1n) is 5.71. The van der Waals surface area contributed by atoms with Crippen LogP contribution >= 0.6 is 11.8 Å². The van der Waals surface area contributed by atoms with Crippen LogP contribution in [-0.2, 0) is 4.79 Å². The summed E-state index contributed by atoms with van der Waals surface area (Å²) in [5.74, 6) is 0.185. The number of benzene rings is 1. The zero-order valence-corrected chi connectivity index (χ0v) is 11.5. The normalized spacial score (nSPS) is 10.1. The third-order valence-electron chi connectivity index (χ3n) is 2.47. The summed E-state index contributed by atoms with van der Waals surface area (Å²) < 4.78 is 0. The molecular weight excluding hydrogens is 232 g/mol. The molecule has 0 aliphatic carbocycles. The zero-order valence-electron chi connectivity index (χ0n) is 10.7. The second kappa shape index (κ2) is 7.22. The lowest BCUT2D eigenvalue weighted by atomic mass is 10.2. The van der Waals surface area contributed by atoms with Crippen LogP contribution in [0.4, 0.5) is 5.69 Å². The Kier molecular flexibility index (Phi) is 5.91. The van der Waals surface area contributed by atoms with E-state index in [1.165, 1.54) is 4.90 Å². The van der Waals surface area contributed by atoms with Gasteiger partial charge in [-0.3, -0.25) is 4.79 Å². The molecule has 1 amide bonds. The minimum Gasteiger partial charge on any atom is -0.385 e. The van der Waals surface area contributed by atoms with Crippen molar-refractivity contribution in [2.75, 3.05) is 32.2 Å². The third-order valence-corrected chi connectivity index (χ3v) is 3.19. The number of hydrogen-bond acceptors (Lipinski definition) is 3. The maximum Gasteiger partial charge on any atom is 0.222 e. The lowest BCUT2D eigenvalue weighted by Gasteiger charge is -2.11. The summed E-state index contributed by atoms with van der Waals surface area (Å²) >= 11 is 1.73. The highest BCUT2D eigenvalue weighted by atomic mass is 32.2. The largest absolute Gasteiger partial charge is 0.385 e.